The average molecular weight is 227 g/mol. The summed E-state index contributed by atoms with van der Waals surface area (Å²) in [6.07, 6.45) is 6.76. The van der Waals surface area contributed by atoms with Gasteiger partial charge >= 0.3 is 0 Å². The van der Waals surface area contributed by atoms with Gasteiger partial charge in [-0.05, 0) is 51.5 Å². The van der Waals surface area contributed by atoms with Crippen LogP contribution in [0.1, 0.15) is 39.0 Å². The van der Waals surface area contributed by atoms with Crippen molar-refractivity contribution in [3.8, 4) is 0 Å². The van der Waals surface area contributed by atoms with Gasteiger partial charge in [-0.2, -0.15) is 0 Å². The minimum atomic E-state index is 0.548. The second-order valence-electron chi connectivity index (χ2n) is 5.14. The fourth-order valence-corrected chi connectivity index (χ4v) is 2.65. The highest BCUT2D eigenvalue weighted by Crippen LogP contribution is 2.18. The Kier molecular flexibility index (Phi) is 5.07. The largest absolute Gasteiger partial charge is 0.381 e. The number of hydrogen-bond donors (Lipinski definition) is 1. The summed E-state index contributed by atoms with van der Waals surface area (Å²) >= 11 is 0. The maximum Gasteiger partial charge on any atom is 0.0576 e. The van der Waals surface area contributed by atoms with Crippen LogP contribution < -0.4 is 5.32 Å². The van der Waals surface area contributed by atoms with E-state index in [9.17, 15) is 0 Å². The quantitative estimate of drug-likeness (QED) is 0.704. The Balaban J connectivity index is 1.50. The van der Waals surface area contributed by atoms with Crippen molar-refractivity contribution in [3.63, 3.8) is 0 Å². The summed E-state index contributed by atoms with van der Waals surface area (Å²) in [5.41, 5.74) is 0. The van der Waals surface area contributed by atoms with Crippen LogP contribution in [0.25, 0.3) is 0 Å². The van der Waals surface area contributed by atoms with Gasteiger partial charge in [0.2, 0.25) is 0 Å². The molecule has 2 aliphatic heterocycles. The zero-order valence-electron chi connectivity index (χ0n) is 10.4. The van der Waals surface area contributed by atoms with Crippen LogP contribution in [0.3, 0.4) is 0 Å². The van der Waals surface area contributed by atoms with Gasteiger partial charge in [0.25, 0.3) is 0 Å². The van der Waals surface area contributed by atoms with Gasteiger partial charge in [0.15, 0.2) is 0 Å². The molecule has 3 heteroatoms. The zero-order chi connectivity index (χ0) is 11.2. The van der Waals surface area contributed by atoms with Crippen LogP contribution in [0.2, 0.25) is 0 Å². The van der Waals surface area contributed by atoms with E-state index in [1.54, 1.807) is 0 Å². The molecular weight excluding hydrogens is 202 g/mol. The molecule has 0 amide bonds. The summed E-state index contributed by atoms with van der Waals surface area (Å²) in [6, 6.07) is 0.604. The molecule has 16 heavy (non-hydrogen) atoms. The van der Waals surface area contributed by atoms with Crippen LogP contribution in [0.4, 0.5) is 0 Å². The minimum Gasteiger partial charge on any atom is -0.381 e. The molecule has 2 rings (SSSR count). The Morgan fingerprint density at radius 2 is 2.25 bits per heavy atom. The third-order valence-electron chi connectivity index (χ3n) is 3.87. The predicted octanol–water partition coefficient (Wildman–Crippen LogP) is 1.96. The van der Waals surface area contributed by atoms with Gasteiger partial charge in [0.1, 0.15) is 0 Å². The predicted molar refractivity (Wildman–Crippen MR) is 64.6 cm³/mol. The smallest absolute Gasteiger partial charge is 0.0576 e. The lowest BCUT2D eigenvalue weighted by Crippen LogP contribution is -2.34. The third kappa shape index (κ3) is 3.72. The van der Waals surface area contributed by atoms with Crippen molar-refractivity contribution in [1.29, 1.82) is 0 Å². The number of hydrogen-bond acceptors (Lipinski definition) is 3. The second kappa shape index (κ2) is 6.58. The molecule has 0 aromatic heterocycles. The standard InChI is InChI=1S/C13H25NO2/c1-11(12-6-9-15-10-12)14-7-2-4-13-5-3-8-16-13/h11-14H,2-10H2,1H3. The summed E-state index contributed by atoms with van der Waals surface area (Å²) in [5.74, 6) is 0.725. The molecular formula is C13H25NO2. The molecule has 0 bridgehead atoms. The zero-order valence-corrected chi connectivity index (χ0v) is 10.4. The maximum absolute atomic E-state index is 5.61. The Hall–Kier alpha value is -0.120. The van der Waals surface area contributed by atoms with E-state index in [0.29, 0.717) is 12.1 Å². The monoisotopic (exact) mass is 227 g/mol. The normalized spacial score (nSPS) is 32.1. The fraction of sp³-hybridized carbons (Fsp3) is 1.00. The topological polar surface area (TPSA) is 30.5 Å². The van der Waals surface area contributed by atoms with Crippen molar-refractivity contribution >= 4 is 0 Å². The van der Waals surface area contributed by atoms with Gasteiger partial charge in [-0.3, -0.25) is 0 Å². The summed E-state index contributed by atoms with van der Waals surface area (Å²) in [5, 5.41) is 3.61. The third-order valence-corrected chi connectivity index (χ3v) is 3.87. The van der Waals surface area contributed by atoms with E-state index in [0.717, 1.165) is 32.3 Å². The Morgan fingerprint density at radius 1 is 1.31 bits per heavy atom. The molecule has 3 nitrogen and oxygen atoms in total. The van der Waals surface area contributed by atoms with Gasteiger partial charge in [-0.1, -0.05) is 0 Å². The molecule has 0 radical (unpaired) electrons. The molecule has 3 atom stereocenters. The molecule has 2 fully saturated rings. The first-order valence-corrected chi connectivity index (χ1v) is 6.79. The first kappa shape index (κ1) is 12.3. The van der Waals surface area contributed by atoms with E-state index in [1.807, 2.05) is 0 Å². The van der Waals surface area contributed by atoms with Gasteiger partial charge in [0, 0.05) is 19.3 Å². The number of nitrogens with one attached hydrogen (secondary N) is 1. The molecule has 0 spiro atoms. The highest BCUT2D eigenvalue weighted by Gasteiger charge is 2.21. The summed E-state index contributed by atoms with van der Waals surface area (Å²) < 4.78 is 11.0. The van der Waals surface area contributed by atoms with Crippen LogP contribution in [0, 0.1) is 5.92 Å². The highest BCUT2D eigenvalue weighted by molar-refractivity contribution is 4.75. The van der Waals surface area contributed by atoms with Gasteiger partial charge in [-0.25, -0.2) is 0 Å². The fourth-order valence-electron chi connectivity index (χ4n) is 2.65. The molecule has 0 saturated carbocycles. The number of rotatable bonds is 6. The number of ether oxygens (including phenoxy) is 2. The van der Waals surface area contributed by atoms with Crippen LogP contribution in [-0.4, -0.2) is 38.5 Å². The Labute approximate surface area is 98.9 Å². The minimum absolute atomic E-state index is 0.548. The van der Waals surface area contributed by atoms with Gasteiger partial charge < -0.3 is 14.8 Å². The van der Waals surface area contributed by atoms with Crippen molar-refractivity contribution in [1.82, 2.24) is 5.32 Å². The van der Waals surface area contributed by atoms with E-state index < -0.39 is 0 Å². The maximum atomic E-state index is 5.61. The van der Waals surface area contributed by atoms with E-state index >= 15 is 0 Å². The van der Waals surface area contributed by atoms with Crippen LogP contribution in [0.15, 0.2) is 0 Å². The molecule has 2 saturated heterocycles. The lowest BCUT2D eigenvalue weighted by atomic mass is 10.0. The molecule has 2 aliphatic rings. The molecule has 0 aromatic carbocycles. The lowest BCUT2D eigenvalue weighted by Gasteiger charge is -2.19. The Bertz CT molecular complexity index is 186. The summed E-state index contributed by atoms with van der Waals surface area (Å²) in [7, 11) is 0. The van der Waals surface area contributed by atoms with E-state index in [-0.39, 0.29) is 0 Å². The van der Waals surface area contributed by atoms with Crippen LogP contribution >= 0.6 is 0 Å². The van der Waals surface area contributed by atoms with Crippen molar-refractivity contribution in [3.05, 3.63) is 0 Å². The molecule has 3 unspecified atom stereocenters. The van der Waals surface area contributed by atoms with Crippen LogP contribution in [0.5, 0.6) is 0 Å². The van der Waals surface area contributed by atoms with Crippen LogP contribution in [-0.2, 0) is 9.47 Å². The van der Waals surface area contributed by atoms with Crippen molar-refractivity contribution in [2.75, 3.05) is 26.4 Å². The Morgan fingerprint density at radius 3 is 2.94 bits per heavy atom. The summed E-state index contributed by atoms with van der Waals surface area (Å²) in [6.45, 7) is 6.28. The SMILES string of the molecule is CC(NCCCC1CCCO1)C1CCOC1. The molecule has 0 aliphatic carbocycles. The summed E-state index contributed by atoms with van der Waals surface area (Å²) in [4.78, 5) is 0. The first-order valence-electron chi connectivity index (χ1n) is 6.79. The lowest BCUT2D eigenvalue weighted by molar-refractivity contribution is 0.102. The van der Waals surface area contributed by atoms with Crippen molar-refractivity contribution < 1.29 is 9.47 Å². The van der Waals surface area contributed by atoms with E-state index in [1.165, 1.54) is 32.1 Å². The van der Waals surface area contributed by atoms with Crippen molar-refractivity contribution in [2.24, 2.45) is 5.92 Å². The van der Waals surface area contributed by atoms with E-state index in [2.05, 4.69) is 12.2 Å². The molecule has 1 N–H and O–H groups in total. The van der Waals surface area contributed by atoms with Crippen molar-refractivity contribution in [2.45, 2.75) is 51.2 Å². The van der Waals surface area contributed by atoms with E-state index in [4.69, 9.17) is 9.47 Å². The first-order chi connectivity index (χ1) is 7.86. The van der Waals surface area contributed by atoms with Gasteiger partial charge in [-0.15, -0.1) is 0 Å². The molecule has 2 heterocycles. The van der Waals surface area contributed by atoms with Gasteiger partial charge in [0.05, 0.1) is 12.7 Å². The molecule has 0 aromatic rings. The molecule has 94 valence electrons. The average Bonchev–Trinajstić information content (AvgIpc) is 2.96. The second-order valence-corrected chi connectivity index (χ2v) is 5.14. The highest BCUT2D eigenvalue weighted by atomic mass is 16.5.